The van der Waals surface area contributed by atoms with Crippen LogP contribution in [0.5, 0.6) is 0 Å². The van der Waals surface area contributed by atoms with Gasteiger partial charge in [-0.2, -0.15) is 13.2 Å². The van der Waals surface area contributed by atoms with Crippen molar-refractivity contribution in [3.63, 3.8) is 0 Å². The van der Waals surface area contributed by atoms with Crippen molar-refractivity contribution < 1.29 is 40.4 Å². The van der Waals surface area contributed by atoms with Crippen molar-refractivity contribution in [1.82, 2.24) is 5.16 Å². The summed E-state index contributed by atoms with van der Waals surface area (Å²) >= 11 is 0. The van der Waals surface area contributed by atoms with E-state index in [1.807, 2.05) is 4.72 Å². The summed E-state index contributed by atoms with van der Waals surface area (Å²) < 4.78 is 78.3. The van der Waals surface area contributed by atoms with Crippen LogP contribution in [0.4, 0.5) is 24.5 Å². The van der Waals surface area contributed by atoms with E-state index >= 15 is 0 Å². The number of sulfonamides is 1. The van der Waals surface area contributed by atoms with Crippen LogP contribution in [0.15, 0.2) is 52.0 Å². The van der Waals surface area contributed by atoms with E-state index in [0.717, 1.165) is 31.5 Å². The molecule has 9 nitrogen and oxygen atoms in total. The second-order valence-electron chi connectivity index (χ2n) is 7.09. The normalized spacial score (nSPS) is 11.7. The van der Waals surface area contributed by atoms with Crippen LogP contribution in [0, 0.1) is 13.8 Å². The van der Waals surface area contributed by atoms with Gasteiger partial charge >= 0.3 is 12.1 Å². The second kappa shape index (κ2) is 9.17. The Morgan fingerprint density at radius 2 is 1.79 bits per heavy atom. The molecule has 2 N–H and O–H groups in total. The Kier molecular flexibility index (Phi) is 6.68. The van der Waals surface area contributed by atoms with Gasteiger partial charge in [0.05, 0.1) is 35.0 Å². The number of hydrogen-bond donors (Lipinski definition) is 2. The molecule has 0 saturated heterocycles. The first kappa shape index (κ1) is 24.8. The third kappa shape index (κ3) is 5.20. The number of rotatable bonds is 6. The zero-order valence-electron chi connectivity index (χ0n) is 18.0. The lowest BCUT2D eigenvalue weighted by Crippen LogP contribution is -2.19. The van der Waals surface area contributed by atoms with Gasteiger partial charge in [-0.05, 0) is 49.7 Å². The molecule has 2 aromatic carbocycles. The summed E-state index contributed by atoms with van der Waals surface area (Å²) in [5.41, 5.74) is -2.20. The molecule has 0 fully saturated rings. The van der Waals surface area contributed by atoms with E-state index in [2.05, 4.69) is 15.2 Å². The van der Waals surface area contributed by atoms with Crippen molar-refractivity contribution in [2.75, 3.05) is 17.1 Å². The van der Waals surface area contributed by atoms with Crippen LogP contribution in [0.3, 0.4) is 0 Å². The van der Waals surface area contributed by atoms with Crippen molar-refractivity contribution in [3.8, 4) is 0 Å². The van der Waals surface area contributed by atoms with E-state index < -0.39 is 44.2 Å². The highest BCUT2D eigenvalue weighted by Crippen LogP contribution is 2.38. The monoisotopic (exact) mass is 497 g/mol. The average Bonchev–Trinajstić information content (AvgIpc) is 3.19. The van der Waals surface area contributed by atoms with Crippen LogP contribution in [-0.4, -0.2) is 32.6 Å². The Hall–Kier alpha value is -3.87. The van der Waals surface area contributed by atoms with Crippen LogP contribution in [0.2, 0.25) is 0 Å². The van der Waals surface area contributed by atoms with E-state index in [4.69, 9.17) is 4.52 Å². The Morgan fingerprint density at radius 3 is 2.38 bits per heavy atom. The highest BCUT2D eigenvalue weighted by Gasteiger charge is 2.35. The average molecular weight is 497 g/mol. The van der Waals surface area contributed by atoms with Gasteiger partial charge in [0.2, 0.25) is 0 Å². The molecule has 1 amide bonds. The van der Waals surface area contributed by atoms with Crippen LogP contribution in [-0.2, 0) is 20.9 Å². The number of carbonyl (C=O) groups is 2. The van der Waals surface area contributed by atoms with Crippen LogP contribution in [0.1, 0.15) is 37.6 Å². The molecule has 0 unspecified atom stereocenters. The molecule has 180 valence electrons. The van der Waals surface area contributed by atoms with E-state index in [1.54, 1.807) is 0 Å². The van der Waals surface area contributed by atoms with Crippen LogP contribution in [0.25, 0.3) is 0 Å². The molecule has 0 saturated carbocycles. The minimum atomic E-state index is -4.96. The Morgan fingerprint density at radius 1 is 1.09 bits per heavy atom. The first-order valence-corrected chi connectivity index (χ1v) is 11.0. The number of aromatic nitrogens is 1. The molecule has 1 aromatic heterocycles. The number of halogens is 3. The third-order valence-corrected chi connectivity index (χ3v) is 6.23. The molecule has 0 spiro atoms. The molecule has 3 aromatic rings. The summed E-state index contributed by atoms with van der Waals surface area (Å²) in [5, 5.41) is 5.72. The van der Waals surface area contributed by atoms with Crippen LogP contribution >= 0.6 is 0 Å². The van der Waals surface area contributed by atoms with Crippen molar-refractivity contribution in [3.05, 3.63) is 70.6 Å². The fourth-order valence-electron chi connectivity index (χ4n) is 2.99. The predicted octanol–water partition coefficient (Wildman–Crippen LogP) is 4.15. The first-order valence-electron chi connectivity index (χ1n) is 9.49. The standard InChI is InChI=1S/C21H18F3N3O6S/c1-11-4-5-13(20(29)32-3)8-18(11)34(30,31)27-17-7-6-14(9-16(17)21(22,23)24)26-19(28)15-10-25-33-12(15)2/h4-10,27H,1-3H3,(H,26,28). The smallest absolute Gasteiger partial charge is 0.418 e. The molecular weight excluding hydrogens is 479 g/mol. The fourth-order valence-corrected chi connectivity index (χ4v) is 4.35. The minimum Gasteiger partial charge on any atom is -0.465 e. The minimum absolute atomic E-state index is 0.0271. The molecule has 13 heteroatoms. The SMILES string of the molecule is COC(=O)c1ccc(C)c(S(=O)(=O)Nc2ccc(NC(=O)c3cnoc3C)cc2C(F)(F)F)c1. The lowest BCUT2D eigenvalue weighted by molar-refractivity contribution is -0.136. The predicted molar refractivity (Wildman–Crippen MR) is 114 cm³/mol. The number of benzene rings is 2. The van der Waals surface area contributed by atoms with Gasteiger partial charge < -0.3 is 14.6 Å². The number of ether oxygens (including phenoxy) is 1. The van der Waals surface area contributed by atoms with Gasteiger partial charge in [-0.15, -0.1) is 0 Å². The highest BCUT2D eigenvalue weighted by atomic mass is 32.2. The molecule has 3 rings (SSSR count). The van der Waals surface area contributed by atoms with Crippen molar-refractivity contribution in [2.24, 2.45) is 0 Å². The quantitative estimate of drug-likeness (QED) is 0.490. The highest BCUT2D eigenvalue weighted by molar-refractivity contribution is 7.92. The summed E-state index contributed by atoms with van der Waals surface area (Å²) in [6.07, 6.45) is -3.85. The number of methoxy groups -OCH3 is 1. The summed E-state index contributed by atoms with van der Waals surface area (Å²) in [7, 11) is -3.43. The topological polar surface area (TPSA) is 128 Å². The van der Waals surface area contributed by atoms with Gasteiger partial charge in [0.25, 0.3) is 15.9 Å². The Labute approximate surface area is 191 Å². The number of aryl methyl sites for hydroxylation is 2. The number of anilines is 2. The van der Waals surface area contributed by atoms with Gasteiger partial charge in [0.15, 0.2) is 0 Å². The van der Waals surface area contributed by atoms with Gasteiger partial charge in [-0.3, -0.25) is 9.52 Å². The van der Waals surface area contributed by atoms with E-state index in [-0.39, 0.29) is 28.1 Å². The maximum atomic E-state index is 13.7. The Bertz CT molecular complexity index is 1370. The molecule has 34 heavy (non-hydrogen) atoms. The molecule has 0 radical (unpaired) electrons. The number of nitrogens with zero attached hydrogens (tertiary/aromatic N) is 1. The Balaban J connectivity index is 1.97. The van der Waals surface area contributed by atoms with E-state index in [9.17, 15) is 31.2 Å². The second-order valence-corrected chi connectivity index (χ2v) is 8.74. The number of nitrogens with one attached hydrogen (secondary N) is 2. The molecule has 0 aliphatic carbocycles. The fraction of sp³-hybridized carbons (Fsp3) is 0.190. The van der Waals surface area contributed by atoms with Gasteiger partial charge in [0.1, 0.15) is 11.3 Å². The van der Waals surface area contributed by atoms with Crippen molar-refractivity contribution in [1.29, 1.82) is 0 Å². The number of amides is 1. The molecule has 0 bridgehead atoms. The number of esters is 1. The summed E-state index contributed by atoms with van der Waals surface area (Å²) in [6, 6.07) is 6.23. The summed E-state index contributed by atoms with van der Waals surface area (Å²) in [5.74, 6) is -1.39. The summed E-state index contributed by atoms with van der Waals surface area (Å²) in [6.45, 7) is 2.88. The third-order valence-electron chi connectivity index (χ3n) is 4.72. The number of carbonyl (C=O) groups excluding carboxylic acids is 2. The van der Waals surface area contributed by atoms with Gasteiger partial charge in [-0.25, -0.2) is 13.2 Å². The van der Waals surface area contributed by atoms with E-state index in [0.29, 0.717) is 6.07 Å². The van der Waals surface area contributed by atoms with Gasteiger partial charge in [0, 0.05) is 5.69 Å². The van der Waals surface area contributed by atoms with Crippen molar-refractivity contribution >= 4 is 33.3 Å². The first-order chi connectivity index (χ1) is 15.8. The number of alkyl halides is 3. The zero-order valence-corrected chi connectivity index (χ0v) is 18.8. The lowest BCUT2D eigenvalue weighted by Gasteiger charge is -2.17. The maximum Gasteiger partial charge on any atom is 0.418 e. The lowest BCUT2D eigenvalue weighted by atomic mass is 10.1. The molecule has 0 aliphatic heterocycles. The maximum absolute atomic E-state index is 13.7. The number of hydrogen-bond acceptors (Lipinski definition) is 7. The molecule has 1 heterocycles. The largest absolute Gasteiger partial charge is 0.465 e. The molecule has 0 atom stereocenters. The van der Waals surface area contributed by atoms with Gasteiger partial charge in [-0.1, -0.05) is 11.2 Å². The summed E-state index contributed by atoms with van der Waals surface area (Å²) in [4.78, 5) is 23.6. The molecule has 0 aliphatic rings. The molecular formula is C21H18F3N3O6S. The van der Waals surface area contributed by atoms with Crippen LogP contribution < -0.4 is 10.0 Å². The van der Waals surface area contributed by atoms with Crippen molar-refractivity contribution in [2.45, 2.75) is 24.9 Å². The zero-order chi connectivity index (χ0) is 25.3. The van der Waals surface area contributed by atoms with E-state index in [1.165, 1.54) is 26.0 Å².